The molecular weight excluding hydrogens is 551 g/mol. The quantitative estimate of drug-likeness (QED) is 0.407. The normalized spacial score (nSPS) is 27.0. The van der Waals surface area contributed by atoms with Crippen LogP contribution in [0, 0.1) is 5.82 Å². The number of hydrogen-bond acceptors (Lipinski definition) is 9. The summed E-state index contributed by atoms with van der Waals surface area (Å²) in [5.41, 5.74) is 3.71. The van der Waals surface area contributed by atoms with Crippen molar-refractivity contribution in [3.63, 3.8) is 0 Å². The summed E-state index contributed by atoms with van der Waals surface area (Å²) in [6, 6.07) is 1.59. The summed E-state index contributed by atoms with van der Waals surface area (Å²) in [5, 5.41) is 3.04. The van der Waals surface area contributed by atoms with Gasteiger partial charge in [-0.3, -0.25) is 9.69 Å². The lowest BCUT2D eigenvalue weighted by atomic mass is 9.94. The monoisotopic (exact) mass is 582 g/mol. The Balaban J connectivity index is 1.36. The molecule has 0 spiro atoms. The predicted molar refractivity (Wildman–Crippen MR) is 138 cm³/mol. The topological polar surface area (TPSA) is 106 Å². The number of Topliss-reactive ketones (excluding diaryl/α,β-unsaturated/α-hetero) is 1. The lowest BCUT2D eigenvalue weighted by Gasteiger charge is -2.33. The highest BCUT2D eigenvalue weighted by molar-refractivity contribution is 5.85. The molecule has 2 aromatic rings. The molecule has 5 heterocycles. The highest BCUT2D eigenvalue weighted by Gasteiger charge is 2.49. The molecular formula is C27H31F5N6O3. The average Bonchev–Trinajstić information content (AvgIpc) is 3.35. The van der Waals surface area contributed by atoms with E-state index in [-0.39, 0.29) is 44.5 Å². The molecule has 4 aliphatic rings. The van der Waals surface area contributed by atoms with E-state index < -0.39 is 46.6 Å². The first kappa shape index (κ1) is 28.0. The second-order valence-corrected chi connectivity index (χ2v) is 11.2. The van der Waals surface area contributed by atoms with Crippen molar-refractivity contribution >= 4 is 17.3 Å². The van der Waals surface area contributed by atoms with Gasteiger partial charge in [-0.1, -0.05) is 0 Å². The van der Waals surface area contributed by atoms with E-state index in [2.05, 4.69) is 20.2 Å². The van der Waals surface area contributed by atoms with Crippen LogP contribution in [-0.2, 0) is 28.7 Å². The van der Waals surface area contributed by atoms with E-state index in [0.29, 0.717) is 43.1 Å². The molecule has 6 rings (SSSR count). The lowest BCUT2D eigenvalue weighted by molar-refractivity contribution is -0.140. The van der Waals surface area contributed by atoms with Crippen LogP contribution in [-0.4, -0.2) is 78.2 Å². The summed E-state index contributed by atoms with van der Waals surface area (Å²) < 4.78 is 82.8. The van der Waals surface area contributed by atoms with Gasteiger partial charge in [0.25, 0.3) is 0 Å². The highest BCUT2D eigenvalue weighted by atomic mass is 19.4. The fraction of sp³-hybridized carbons (Fsp3) is 0.593. The lowest BCUT2D eigenvalue weighted by Crippen LogP contribution is -2.43. The zero-order valence-electron chi connectivity index (χ0n) is 22.3. The molecule has 1 aromatic heterocycles. The Labute approximate surface area is 233 Å². The molecule has 0 saturated carbocycles. The number of carbonyl (C=O) groups excluding carboxylic acids is 1. The van der Waals surface area contributed by atoms with Gasteiger partial charge in [-0.25, -0.2) is 8.78 Å². The third kappa shape index (κ3) is 5.32. The molecule has 1 unspecified atom stereocenters. The standard InChI is InChI=1S/C27H31F5N6O3/c28-15-9-26(4-1-6-38(26)11-15)14-41-25-35-20-8-21(22-18(27(30,31)32)2-3-19(33)23(22)29)40-13-17(20)24(36-25)37-7-5-34-10-16(39)12-37/h2-3,15,21,34H,1,4-14,33H2/t15-,21?,26+/m1/s1. The second kappa shape index (κ2) is 10.6. The molecule has 222 valence electrons. The average molecular weight is 583 g/mol. The number of nitrogens with zero attached hydrogens (tertiary/aromatic N) is 4. The second-order valence-electron chi connectivity index (χ2n) is 11.2. The van der Waals surface area contributed by atoms with Gasteiger partial charge in [0.05, 0.1) is 48.3 Å². The van der Waals surface area contributed by atoms with Crippen LogP contribution >= 0.6 is 0 Å². The van der Waals surface area contributed by atoms with Crippen molar-refractivity contribution < 1.29 is 36.2 Å². The van der Waals surface area contributed by atoms with Gasteiger partial charge in [0.1, 0.15) is 18.6 Å². The van der Waals surface area contributed by atoms with Crippen molar-refractivity contribution in [1.82, 2.24) is 20.2 Å². The van der Waals surface area contributed by atoms with Crippen LogP contribution in [0.1, 0.15) is 47.8 Å². The van der Waals surface area contributed by atoms with Crippen LogP contribution in [0.3, 0.4) is 0 Å². The molecule has 14 heteroatoms. The number of anilines is 2. The molecule has 3 atom stereocenters. The number of fused-ring (bicyclic) bond motifs is 2. The Kier molecular flexibility index (Phi) is 7.27. The zero-order valence-corrected chi connectivity index (χ0v) is 22.3. The summed E-state index contributed by atoms with van der Waals surface area (Å²) in [5.74, 6) is -0.880. The fourth-order valence-electron chi connectivity index (χ4n) is 6.53. The fourth-order valence-corrected chi connectivity index (χ4v) is 6.53. The third-order valence-corrected chi connectivity index (χ3v) is 8.47. The van der Waals surface area contributed by atoms with E-state index in [1.807, 2.05) is 0 Å². The molecule has 0 amide bonds. The number of aromatic nitrogens is 2. The minimum absolute atomic E-state index is 0.0309. The zero-order chi connectivity index (χ0) is 28.9. The Morgan fingerprint density at radius 2 is 2.07 bits per heavy atom. The van der Waals surface area contributed by atoms with E-state index >= 15 is 4.39 Å². The van der Waals surface area contributed by atoms with Crippen molar-refractivity contribution in [2.45, 2.75) is 56.3 Å². The number of rotatable bonds is 5. The Morgan fingerprint density at radius 3 is 2.88 bits per heavy atom. The molecule has 3 saturated heterocycles. The molecule has 4 aliphatic heterocycles. The van der Waals surface area contributed by atoms with E-state index in [1.165, 1.54) is 0 Å². The van der Waals surface area contributed by atoms with Crippen LogP contribution in [0.4, 0.5) is 33.5 Å². The first-order valence-electron chi connectivity index (χ1n) is 13.7. The van der Waals surface area contributed by atoms with E-state index in [9.17, 15) is 22.4 Å². The number of alkyl halides is 4. The van der Waals surface area contributed by atoms with Crippen molar-refractivity contribution in [1.29, 1.82) is 0 Å². The van der Waals surface area contributed by atoms with Crippen molar-refractivity contribution in [2.24, 2.45) is 0 Å². The van der Waals surface area contributed by atoms with Gasteiger partial charge >= 0.3 is 12.2 Å². The summed E-state index contributed by atoms with van der Waals surface area (Å²) in [6.45, 7) is 2.25. The van der Waals surface area contributed by atoms with E-state index in [4.69, 9.17) is 15.2 Å². The van der Waals surface area contributed by atoms with E-state index in [1.54, 1.807) is 4.90 Å². The molecule has 41 heavy (non-hydrogen) atoms. The summed E-state index contributed by atoms with van der Waals surface area (Å²) in [7, 11) is 0. The number of nitrogens with one attached hydrogen (secondary N) is 1. The van der Waals surface area contributed by atoms with Crippen LogP contribution in [0.25, 0.3) is 0 Å². The van der Waals surface area contributed by atoms with E-state index in [0.717, 1.165) is 31.5 Å². The number of nitrogens with two attached hydrogens (primary N) is 1. The Morgan fingerprint density at radius 1 is 1.24 bits per heavy atom. The number of halogens is 5. The minimum Gasteiger partial charge on any atom is -0.461 e. The Bertz CT molecular complexity index is 1340. The number of ether oxygens (including phenoxy) is 2. The third-order valence-electron chi connectivity index (χ3n) is 8.47. The summed E-state index contributed by atoms with van der Waals surface area (Å²) in [6.07, 6.45) is -5.29. The summed E-state index contributed by atoms with van der Waals surface area (Å²) in [4.78, 5) is 25.4. The molecule has 0 radical (unpaired) electrons. The molecule has 9 nitrogen and oxygen atoms in total. The molecule has 0 bridgehead atoms. The van der Waals surface area contributed by atoms with Crippen LogP contribution in [0.15, 0.2) is 12.1 Å². The van der Waals surface area contributed by atoms with Gasteiger partial charge in [0.2, 0.25) is 0 Å². The number of carbonyl (C=O) groups is 1. The number of ketones is 1. The molecule has 3 fully saturated rings. The van der Waals surface area contributed by atoms with Crippen molar-refractivity contribution in [3.8, 4) is 6.01 Å². The Hall–Kier alpha value is -3.10. The predicted octanol–water partition coefficient (Wildman–Crippen LogP) is 2.96. The maximum absolute atomic E-state index is 15.1. The van der Waals surface area contributed by atoms with Crippen molar-refractivity contribution in [2.75, 3.05) is 56.5 Å². The van der Waals surface area contributed by atoms with Crippen LogP contribution < -0.4 is 20.7 Å². The first-order chi connectivity index (χ1) is 19.5. The largest absolute Gasteiger partial charge is 0.461 e. The number of benzene rings is 1. The molecule has 0 aliphatic carbocycles. The van der Waals surface area contributed by atoms with Crippen LogP contribution in [0.5, 0.6) is 6.01 Å². The van der Waals surface area contributed by atoms with Crippen LogP contribution in [0.2, 0.25) is 0 Å². The van der Waals surface area contributed by atoms with Gasteiger partial charge in [0, 0.05) is 43.6 Å². The maximum atomic E-state index is 15.1. The smallest absolute Gasteiger partial charge is 0.416 e. The highest BCUT2D eigenvalue weighted by Crippen LogP contribution is 2.44. The minimum atomic E-state index is -4.83. The van der Waals surface area contributed by atoms with Gasteiger partial charge in [-0.05, 0) is 31.5 Å². The molecule has 1 aromatic carbocycles. The first-order valence-corrected chi connectivity index (χ1v) is 13.7. The van der Waals surface area contributed by atoms with Gasteiger partial charge in [-0.15, -0.1) is 0 Å². The SMILES string of the molecule is Nc1ccc(C(F)(F)F)c(C2Cc3nc(OC[C@@]45CCCN4C[C@H](F)C5)nc(N4CCNCC(=O)C4)c3CO2)c1F. The van der Waals surface area contributed by atoms with Gasteiger partial charge in [-0.2, -0.15) is 23.1 Å². The number of hydrogen-bond donors (Lipinski definition) is 2. The number of nitrogen functional groups attached to an aromatic ring is 1. The summed E-state index contributed by atoms with van der Waals surface area (Å²) >= 11 is 0. The maximum Gasteiger partial charge on any atom is 0.416 e. The van der Waals surface area contributed by atoms with Gasteiger partial charge in [0.15, 0.2) is 11.6 Å². The molecule has 3 N–H and O–H groups in total. The van der Waals surface area contributed by atoms with Gasteiger partial charge < -0.3 is 25.4 Å². The van der Waals surface area contributed by atoms with Crippen molar-refractivity contribution in [3.05, 3.63) is 40.3 Å².